The third-order valence-corrected chi connectivity index (χ3v) is 6.22. The number of ether oxygens (including phenoxy) is 1. The van der Waals surface area contributed by atoms with Crippen molar-refractivity contribution in [2.75, 3.05) is 13.1 Å². The van der Waals surface area contributed by atoms with Gasteiger partial charge in [0.15, 0.2) is 0 Å². The Morgan fingerprint density at radius 2 is 1.86 bits per heavy atom. The van der Waals surface area contributed by atoms with Gasteiger partial charge in [-0.2, -0.15) is 0 Å². The summed E-state index contributed by atoms with van der Waals surface area (Å²) in [7, 11) is -3.49. The summed E-state index contributed by atoms with van der Waals surface area (Å²) < 4.78 is 31.3. The second-order valence-electron chi connectivity index (χ2n) is 5.77. The zero-order chi connectivity index (χ0) is 15.2. The Bertz CT molecular complexity index is 802. The molecular weight excluding hydrogens is 298 g/mol. The Balaban J connectivity index is 1.74. The molecule has 22 heavy (non-hydrogen) atoms. The van der Waals surface area contributed by atoms with Gasteiger partial charge in [0, 0.05) is 18.0 Å². The molecule has 0 bridgehead atoms. The number of sulfone groups is 1. The van der Waals surface area contributed by atoms with Gasteiger partial charge in [-0.1, -0.05) is 24.3 Å². The molecule has 1 saturated heterocycles. The van der Waals surface area contributed by atoms with Gasteiger partial charge >= 0.3 is 0 Å². The summed E-state index contributed by atoms with van der Waals surface area (Å²) in [6.45, 7) is 1.80. The number of benzene rings is 2. The lowest BCUT2D eigenvalue weighted by molar-refractivity contribution is 0.176. The number of fused-ring (bicyclic) bond motifs is 3. The van der Waals surface area contributed by atoms with Crippen molar-refractivity contribution in [3.8, 4) is 5.75 Å². The molecular formula is C17H17NO3S. The SMILES string of the molecule is O=S(=O)(c1ccccc1)c1ccc2c(c1)OC1CNCCC21. The largest absolute Gasteiger partial charge is 0.488 e. The van der Waals surface area contributed by atoms with Crippen molar-refractivity contribution in [2.24, 2.45) is 0 Å². The van der Waals surface area contributed by atoms with Gasteiger partial charge in [0.1, 0.15) is 11.9 Å². The Kier molecular flexibility index (Phi) is 3.20. The van der Waals surface area contributed by atoms with Gasteiger partial charge in [-0.05, 0) is 37.2 Å². The molecule has 0 aliphatic carbocycles. The van der Waals surface area contributed by atoms with Crippen LogP contribution in [0.2, 0.25) is 0 Å². The van der Waals surface area contributed by atoms with E-state index in [4.69, 9.17) is 4.74 Å². The highest BCUT2D eigenvalue weighted by molar-refractivity contribution is 7.91. The normalized spacial score (nSPS) is 23.5. The van der Waals surface area contributed by atoms with E-state index in [1.54, 1.807) is 36.4 Å². The zero-order valence-electron chi connectivity index (χ0n) is 12.0. The van der Waals surface area contributed by atoms with Crippen LogP contribution in [0, 0.1) is 0 Å². The number of rotatable bonds is 2. The standard InChI is InChI=1S/C17H17NO3S/c19-22(20,12-4-2-1-3-5-12)13-6-7-14-15-8-9-18-11-17(15)21-16(14)10-13/h1-7,10,15,17-18H,8-9,11H2. The quantitative estimate of drug-likeness (QED) is 0.924. The van der Waals surface area contributed by atoms with E-state index in [1.165, 1.54) is 0 Å². The second kappa shape index (κ2) is 5.11. The molecule has 2 heterocycles. The Morgan fingerprint density at radius 1 is 1.05 bits per heavy atom. The van der Waals surface area contributed by atoms with Gasteiger partial charge in [-0.3, -0.25) is 0 Å². The summed E-state index contributed by atoms with van der Waals surface area (Å²) in [6, 6.07) is 13.8. The van der Waals surface area contributed by atoms with Gasteiger partial charge in [-0.25, -0.2) is 8.42 Å². The summed E-state index contributed by atoms with van der Waals surface area (Å²) >= 11 is 0. The molecule has 0 radical (unpaired) electrons. The average Bonchev–Trinajstić information content (AvgIpc) is 2.93. The van der Waals surface area contributed by atoms with Crippen LogP contribution in [0.1, 0.15) is 17.9 Å². The highest BCUT2D eigenvalue weighted by Gasteiger charge is 2.36. The molecule has 0 amide bonds. The fraction of sp³-hybridized carbons (Fsp3) is 0.294. The van der Waals surface area contributed by atoms with E-state index in [0.29, 0.717) is 15.7 Å². The molecule has 4 nitrogen and oxygen atoms in total. The van der Waals surface area contributed by atoms with E-state index in [2.05, 4.69) is 5.32 Å². The van der Waals surface area contributed by atoms with Gasteiger partial charge < -0.3 is 10.1 Å². The number of piperidine rings is 1. The molecule has 114 valence electrons. The van der Waals surface area contributed by atoms with E-state index < -0.39 is 9.84 Å². The molecule has 2 unspecified atom stereocenters. The van der Waals surface area contributed by atoms with Gasteiger partial charge in [0.05, 0.1) is 9.79 Å². The predicted molar refractivity (Wildman–Crippen MR) is 83.0 cm³/mol. The smallest absolute Gasteiger partial charge is 0.206 e. The van der Waals surface area contributed by atoms with E-state index >= 15 is 0 Å². The molecule has 0 spiro atoms. The molecule has 2 atom stereocenters. The summed E-state index contributed by atoms with van der Waals surface area (Å²) in [5, 5.41) is 3.32. The summed E-state index contributed by atoms with van der Waals surface area (Å²) in [4.78, 5) is 0.607. The monoisotopic (exact) mass is 315 g/mol. The Morgan fingerprint density at radius 3 is 2.68 bits per heavy atom. The van der Waals surface area contributed by atoms with Crippen molar-refractivity contribution in [3.05, 3.63) is 54.1 Å². The second-order valence-corrected chi connectivity index (χ2v) is 7.72. The van der Waals surface area contributed by atoms with Crippen LogP contribution in [-0.2, 0) is 9.84 Å². The minimum absolute atomic E-state index is 0.124. The number of nitrogens with one attached hydrogen (secondary N) is 1. The zero-order valence-corrected chi connectivity index (χ0v) is 12.8. The Hall–Kier alpha value is -1.85. The lowest BCUT2D eigenvalue weighted by atomic mass is 9.90. The fourth-order valence-electron chi connectivity index (χ4n) is 3.30. The van der Waals surface area contributed by atoms with Crippen molar-refractivity contribution in [1.29, 1.82) is 0 Å². The maximum atomic E-state index is 12.7. The van der Waals surface area contributed by atoms with E-state index in [1.807, 2.05) is 12.1 Å². The summed E-state index contributed by atoms with van der Waals surface area (Å²) in [5.41, 5.74) is 1.14. The highest BCUT2D eigenvalue weighted by Crippen LogP contribution is 2.42. The summed E-state index contributed by atoms with van der Waals surface area (Å²) in [5.74, 6) is 1.10. The maximum absolute atomic E-state index is 12.7. The first-order valence-corrected chi connectivity index (χ1v) is 8.96. The van der Waals surface area contributed by atoms with Gasteiger partial charge in [0.25, 0.3) is 0 Å². The van der Waals surface area contributed by atoms with Crippen LogP contribution >= 0.6 is 0 Å². The van der Waals surface area contributed by atoms with Crippen LogP contribution in [0.3, 0.4) is 0 Å². The molecule has 2 aliphatic rings. The fourth-order valence-corrected chi connectivity index (χ4v) is 4.60. The molecule has 1 N–H and O–H groups in total. The molecule has 2 aromatic rings. The molecule has 4 rings (SSSR count). The molecule has 2 aliphatic heterocycles. The van der Waals surface area contributed by atoms with Crippen LogP contribution in [-0.4, -0.2) is 27.6 Å². The van der Waals surface area contributed by atoms with Gasteiger partial charge in [-0.15, -0.1) is 0 Å². The van der Waals surface area contributed by atoms with Crippen LogP contribution < -0.4 is 10.1 Å². The van der Waals surface area contributed by atoms with E-state index in [-0.39, 0.29) is 6.10 Å². The van der Waals surface area contributed by atoms with E-state index in [0.717, 1.165) is 30.8 Å². The summed E-state index contributed by atoms with van der Waals surface area (Å²) in [6.07, 6.45) is 1.15. The first-order valence-electron chi connectivity index (χ1n) is 7.48. The van der Waals surface area contributed by atoms with E-state index in [9.17, 15) is 8.42 Å². The van der Waals surface area contributed by atoms with Crippen molar-refractivity contribution >= 4 is 9.84 Å². The van der Waals surface area contributed by atoms with Crippen LogP contribution in [0.25, 0.3) is 0 Å². The van der Waals surface area contributed by atoms with Crippen molar-refractivity contribution in [2.45, 2.75) is 28.2 Å². The predicted octanol–water partition coefficient (Wildman–Crippen LogP) is 2.36. The number of hydrogen-bond donors (Lipinski definition) is 1. The molecule has 2 aromatic carbocycles. The van der Waals surface area contributed by atoms with Crippen LogP contribution in [0.15, 0.2) is 58.3 Å². The minimum atomic E-state index is -3.49. The van der Waals surface area contributed by atoms with Crippen molar-refractivity contribution < 1.29 is 13.2 Å². The minimum Gasteiger partial charge on any atom is -0.488 e. The Labute approximate surface area is 130 Å². The molecule has 0 aromatic heterocycles. The maximum Gasteiger partial charge on any atom is 0.206 e. The topological polar surface area (TPSA) is 55.4 Å². The van der Waals surface area contributed by atoms with Crippen LogP contribution in [0.5, 0.6) is 5.75 Å². The lowest BCUT2D eigenvalue weighted by Crippen LogP contribution is -2.39. The molecule has 5 heteroatoms. The van der Waals surface area contributed by atoms with Crippen molar-refractivity contribution in [1.82, 2.24) is 5.32 Å². The number of hydrogen-bond acceptors (Lipinski definition) is 4. The van der Waals surface area contributed by atoms with Crippen molar-refractivity contribution in [3.63, 3.8) is 0 Å². The molecule has 0 saturated carbocycles. The third kappa shape index (κ3) is 2.12. The third-order valence-electron chi connectivity index (χ3n) is 4.45. The lowest BCUT2D eigenvalue weighted by Gasteiger charge is -2.24. The molecule has 1 fully saturated rings. The average molecular weight is 315 g/mol. The first kappa shape index (κ1) is 13.8. The van der Waals surface area contributed by atoms with Gasteiger partial charge in [0.2, 0.25) is 9.84 Å². The van der Waals surface area contributed by atoms with Crippen LogP contribution in [0.4, 0.5) is 0 Å². The highest BCUT2D eigenvalue weighted by atomic mass is 32.2. The first-order chi connectivity index (χ1) is 10.7.